The molecule has 2 aromatic heterocycles. The van der Waals surface area contributed by atoms with Gasteiger partial charge >= 0.3 is 0 Å². The minimum Gasteiger partial charge on any atom is -0.351 e. The molecule has 0 saturated heterocycles. The average Bonchev–Trinajstić information content (AvgIpc) is 3.41. The number of aryl methyl sites for hydroxylation is 3. The fourth-order valence-electron chi connectivity index (χ4n) is 3.60. The zero-order valence-electron chi connectivity index (χ0n) is 16.4. The van der Waals surface area contributed by atoms with Gasteiger partial charge < -0.3 is 9.88 Å². The largest absolute Gasteiger partial charge is 0.351 e. The summed E-state index contributed by atoms with van der Waals surface area (Å²) >= 11 is 1.47. The topological polar surface area (TPSA) is 46.9 Å². The van der Waals surface area contributed by atoms with Crippen LogP contribution in [0.2, 0.25) is 0 Å². The highest BCUT2D eigenvalue weighted by molar-refractivity contribution is 7.12. The minimum absolute atomic E-state index is 0.0105. The van der Waals surface area contributed by atoms with E-state index >= 15 is 0 Å². The predicted octanol–water partition coefficient (Wildman–Crippen LogP) is 5.09. The third kappa shape index (κ3) is 4.93. The number of carbonyl (C=O) groups is 1. The molecule has 4 aromatic rings. The molecule has 0 aliphatic rings. The number of imidazole rings is 1. The smallest absolute Gasteiger partial charge is 0.261 e. The summed E-state index contributed by atoms with van der Waals surface area (Å²) in [7, 11) is 0. The monoisotopic (exact) mass is 403 g/mol. The zero-order chi connectivity index (χ0) is 19.9. The molecule has 29 heavy (non-hydrogen) atoms. The molecule has 1 N–H and O–H groups in total. The number of fused-ring (bicyclic) bond motifs is 1. The van der Waals surface area contributed by atoms with Crippen molar-refractivity contribution in [3.05, 3.63) is 88.4 Å². The van der Waals surface area contributed by atoms with E-state index in [0.29, 0.717) is 6.54 Å². The Labute approximate surface area is 175 Å². The Morgan fingerprint density at radius 1 is 0.931 bits per heavy atom. The molecule has 0 atom stereocenters. The first kappa shape index (κ1) is 19.4. The molecule has 0 aliphatic heterocycles. The summed E-state index contributed by atoms with van der Waals surface area (Å²) in [6, 6.07) is 22.7. The number of hydrogen-bond donors (Lipinski definition) is 1. The van der Waals surface area contributed by atoms with E-state index < -0.39 is 0 Å². The van der Waals surface area contributed by atoms with E-state index in [1.54, 1.807) is 0 Å². The van der Waals surface area contributed by atoms with E-state index in [4.69, 9.17) is 4.98 Å². The van der Waals surface area contributed by atoms with Gasteiger partial charge in [0.25, 0.3) is 5.91 Å². The highest BCUT2D eigenvalue weighted by Crippen LogP contribution is 2.18. The van der Waals surface area contributed by atoms with Crippen molar-refractivity contribution in [2.24, 2.45) is 0 Å². The van der Waals surface area contributed by atoms with Crippen LogP contribution in [0.3, 0.4) is 0 Å². The first-order chi connectivity index (χ1) is 14.3. The first-order valence-electron chi connectivity index (χ1n) is 10.1. The molecule has 2 aromatic carbocycles. The van der Waals surface area contributed by atoms with E-state index in [9.17, 15) is 4.79 Å². The Morgan fingerprint density at radius 3 is 2.59 bits per heavy atom. The van der Waals surface area contributed by atoms with Crippen LogP contribution in [0, 0.1) is 0 Å². The Bertz CT molecular complexity index is 1050. The van der Waals surface area contributed by atoms with E-state index in [1.165, 1.54) is 22.4 Å². The average molecular weight is 404 g/mol. The van der Waals surface area contributed by atoms with Crippen molar-refractivity contribution >= 4 is 28.3 Å². The maximum atomic E-state index is 12.1. The molecular weight excluding hydrogens is 378 g/mol. The van der Waals surface area contributed by atoms with E-state index in [2.05, 4.69) is 58.4 Å². The van der Waals surface area contributed by atoms with Crippen LogP contribution >= 0.6 is 11.3 Å². The molecule has 0 fully saturated rings. The number of aromatic nitrogens is 2. The maximum absolute atomic E-state index is 12.1. The molecule has 148 valence electrons. The van der Waals surface area contributed by atoms with Crippen molar-refractivity contribution in [2.75, 3.05) is 6.54 Å². The van der Waals surface area contributed by atoms with E-state index in [-0.39, 0.29) is 5.91 Å². The van der Waals surface area contributed by atoms with Crippen LogP contribution in [0.25, 0.3) is 11.0 Å². The Balaban J connectivity index is 1.37. The lowest BCUT2D eigenvalue weighted by molar-refractivity contribution is 0.0957. The van der Waals surface area contributed by atoms with Crippen LogP contribution in [0.15, 0.2) is 72.1 Å². The molecule has 0 saturated carbocycles. The quantitative estimate of drug-likeness (QED) is 0.396. The number of amides is 1. The number of nitrogens with one attached hydrogen (secondary N) is 1. The number of carbonyl (C=O) groups excluding carboxylic acids is 1. The van der Waals surface area contributed by atoms with Crippen molar-refractivity contribution < 1.29 is 4.79 Å². The van der Waals surface area contributed by atoms with Gasteiger partial charge in [0, 0.05) is 19.5 Å². The second-order valence-electron chi connectivity index (χ2n) is 7.09. The lowest BCUT2D eigenvalue weighted by Gasteiger charge is -2.10. The summed E-state index contributed by atoms with van der Waals surface area (Å²) in [6.45, 7) is 1.61. The highest BCUT2D eigenvalue weighted by Gasteiger charge is 2.11. The zero-order valence-corrected chi connectivity index (χ0v) is 17.2. The number of benzene rings is 2. The number of rotatable bonds is 9. The SMILES string of the molecule is O=C(NCCCc1nc2ccccc2n1CCCc1ccccc1)c1cccs1. The second-order valence-corrected chi connectivity index (χ2v) is 8.04. The van der Waals surface area contributed by atoms with Crippen LogP contribution in [0.4, 0.5) is 0 Å². The highest BCUT2D eigenvalue weighted by atomic mass is 32.1. The van der Waals surface area contributed by atoms with Gasteiger partial charge in [-0.05, 0) is 48.4 Å². The summed E-state index contributed by atoms with van der Waals surface area (Å²) in [6.07, 6.45) is 3.86. The molecule has 4 rings (SSSR count). The molecule has 0 bridgehead atoms. The predicted molar refractivity (Wildman–Crippen MR) is 119 cm³/mol. The molecular formula is C24H25N3OS. The van der Waals surface area contributed by atoms with Gasteiger partial charge in [0.05, 0.1) is 15.9 Å². The molecule has 5 heteroatoms. The molecule has 0 radical (unpaired) electrons. The van der Waals surface area contributed by atoms with Crippen LogP contribution in [0.5, 0.6) is 0 Å². The molecule has 2 heterocycles. The van der Waals surface area contributed by atoms with Gasteiger partial charge in [0.1, 0.15) is 5.82 Å². The second kappa shape index (κ2) is 9.52. The van der Waals surface area contributed by atoms with Crippen LogP contribution in [0.1, 0.15) is 33.9 Å². The Kier molecular flexibility index (Phi) is 6.37. The van der Waals surface area contributed by atoms with Crippen molar-refractivity contribution in [1.29, 1.82) is 0 Å². The van der Waals surface area contributed by atoms with Gasteiger partial charge in [-0.2, -0.15) is 0 Å². The number of para-hydroxylation sites is 2. The van der Waals surface area contributed by atoms with Gasteiger partial charge in [-0.15, -0.1) is 11.3 Å². The summed E-state index contributed by atoms with van der Waals surface area (Å²) in [4.78, 5) is 17.7. The molecule has 1 amide bonds. The fraction of sp³-hybridized carbons (Fsp3) is 0.250. The van der Waals surface area contributed by atoms with Gasteiger partial charge in [0.2, 0.25) is 0 Å². The van der Waals surface area contributed by atoms with E-state index in [1.807, 2.05) is 23.6 Å². The van der Waals surface area contributed by atoms with Crippen LogP contribution in [-0.2, 0) is 19.4 Å². The summed E-state index contributed by atoms with van der Waals surface area (Å²) < 4.78 is 2.35. The number of thiophene rings is 1. The summed E-state index contributed by atoms with van der Waals surface area (Å²) in [5.41, 5.74) is 3.61. The van der Waals surface area contributed by atoms with Crippen molar-refractivity contribution in [3.8, 4) is 0 Å². The van der Waals surface area contributed by atoms with Gasteiger partial charge in [-0.25, -0.2) is 4.98 Å². The van der Waals surface area contributed by atoms with Gasteiger partial charge in [-0.1, -0.05) is 48.5 Å². The summed E-state index contributed by atoms with van der Waals surface area (Å²) in [5.74, 6) is 1.11. The Morgan fingerprint density at radius 2 is 1.76 bits per heavy atom. The lowest BCUT2D eigenvalue weighted by Crippen LogP contribution is -2.24. The van der Waals surface area contributed by atoms with Crippen molar-refractivity contribution in [3.63, 3.8) is 0 Å². The minimum atomic E-state index is 0.0105. The standard InChI is InChI=1S/C24H25N3OS/c28-24(22-14-8-18-29-22)25-16-6-15-23-26-20-12-4-5-13-21(20)27(23)17-7-11-19-9-2-1-3-10-19/h1-5,8-10,12-14,18H,6-7,11,15-17H2,(H,25,28). The number of hydrogen-bond acceptors (Lipinski definition) is 3. The molecule has 0 unspecified atom stereocenters. The van der Waals surface area contributed by atoms with Crippen molar-refractivity contribution in [1.82, 2.24) is 14.9 Å². The fourth-order valence-corrected chi connectivity index (χ4v) is 4.24. The number of nitrogens with zero attached hydrogens (tertiary/aromatic N) is 2. The summed E-state index contributed by atoms with van der Waals surface area (Å²) in [5, 5.41) is 4.93. The van der Waals surface area contributed by atoms with Crippen molar-refractivity contribution in [2.45, 2.75) is 32.2 Å². The third-order valence-corrected chi connectivity index (χ3v) is 5.90. The lowest BCUT2D eigenvalue weighted by atomic mass is 10.1. The third-order valence-electron chi connectivity index (χ3n) is 5.03. The molecule has 0 aliphatic carbocycles. The maximum Gasteiger partial charge on any atom is 0.261 e. The van der Waals surface area contributed by atoms with E-state index in [0.717, 1.165) is 48.4 Å². The molecule has 4 nitrogen and oxygen atoms in total. The van der Waals surface area contributed by atoms with Gasteiger partial charge in [0.15, 0.2) is 0 Å². The first-order valence-corrected chi connectivity index (χ1v) is 11.0. The van der Waals surface area contributed by atoms with Gasteiger partial charge in [-0.3, -0.25) is 4.79 Å². The molecule has 0 spiro atoms. The normalized spacial score (nSPS) is 11.0. The van der Waals surface area contributed by atoms with Crippen LogP contribution < -0.4 is 5.32 Å². The van der Waals surface area contributed by atoms with Crippen LogP contribution in [-0.4, -0.2) is 22.0 Å². The Hall–Kier alpha value is -2.92.